The first-order valence-electron chi connectivity index (χ1n) is 6.67. The number of urea groups is 1. The second kappa shape index (κ2) is 6.81. The molecule has 2 fully saturated rings. The third-order valence-corrected chi connectivity index (χ3v) is 3.20. The minimum absolute atomic E-state index is 0.0690. The van der Waals surface area contributed by atoms with E-state index in [0.29, 0.717) is 0 Å². The molecule has 98 valence electrons. The van der Waals surface area contributed by atoms with Crippen LogP contribution < -0.4 is 10.6 Å². The third kappa shape index (κ3) is 4.91. The minimum atomic E-state index is 0.0690. The summed E-state index contributed by atoms with van der Waals surface area (Å²) in [5, 5.41) is 6.13. The SMILES string of the molecule is O=C1NCCN1CCNCCCOCC1CC1. The first kappa shape index (κ1) is 12.6. The van der Waals surface area contributed by atoms with Crippen LogP contribution in [0, 0.1) is 5.92 Å². The molecular weight excluding hydrogens is 218 g/mol. The number of rotatable bonds is 9. The number of carbonyl (C=O) groups is 1. The molecule has 1 heterocycles. The van der Waals surface area contributed by atoms with E-state index in [2.05, 4.69) is 10.6 Å². The Morgan fingerprint density at radius 2 is 2.29 bits per heavy atom. The quantitative estimate of drug-likeness (QED) is 0.575. The molecule has 0 aromatic heterocycles. The number of hydrogen-bond donors (Lipinski definition) is 2. The minimum Gasteiger partial charge on any atom is -0.381 e. The van der Waals surface area contributed by atoms with Crippen molar-refractivity contribution in [2.45, 2.75) is 19.3 Å². The summed E-state index contributed by atoms with van der Waals surface area (Å²) in [6.07, 6.45) is 3.77. The van der Waals surface area contributed by atoms with Crippen molar-refractivity contribution in [2.75, 3.05) is 45.9 Å². The fourth-order valence-corrected chi connectivity index (χ4v) is 1.90. The van der Waals surface area contributed by atoms with Crippen LogP contribution in [-0.4, -0.2) is 56.9 Å². The molecule has 17 heavy (non-hydrogen) atoms. The summed E-state index contributed by atoms with van der Waals surface area (Å²) in [5.41, 5.74) is 0. The average Bonchev–Trinajstić information content (AvgIpc) is 3.06. The monoisotopic (exact) mass is 241 g/mol. The third-order valence-electron chi connectivity index (χ3n) is 3.20. The van der Waals surface area contributed by atoms with Gasteiger partial charge >= 0.3 is 6.03 Å². The predicted molar refractivity (Wildman–Crippen MR) is 66.0 cm³/mol. The fourth-order valence-electron chi connectivity index (χ4n) is 1.90. The average molecular weight is 241 g/mol. The Bertz CT molecular complexity index is 244. The van der Waals surface area contributed by atoms with Crippen molar-refractivity contribution < 1.29 is 9.53 Å². The largest absolute Gasteiger partial charge is 0.381 e. The second-order valence-corrected chi connectivity index (χ2v) is 4.84. The predicted octanol–water partition coefficient (Wildman–Crippen LogP) is 0.418. The van der Waals surface area contributed by atoms with Gasteiger partial charge in [-0.15, -0.1) is 0 Å². The Morgan fingerprint density at radius 3 is 3.00 bits per heavy atom. The lowest BCUT2D eigenvalue weighted by Gasteiger charge is -2.14. The molecule has 2 N–H and O–H groups in total. The van der Waals surface area contributed by atoms with Crippen molar-refractivity contribution >= 4 is 6.03 Å². The summed E-state index contributed by atoms with van der Waals surface area (Å²) < 4.78 is 5.54. The van der Waals surface area contributed by atoms with E-state index in [1.54, 1.807) is 0 Å². The maximum absolute atomic E-state index is 11.2. The van der Waals surface area contributed by atoms with Gasteiger partial charge in [0.1, 0.15) is 0 Å². The summed E-state index contributed by atoms with van der Waals surface area (Å²) >= 11 is 0. The summed E-state index contributed by atoms with van der Waals surface area (Å²) in [6.45, 7) is 6.07. The van der Waals surface area contributed by atoms with Crippen LogP contribution in [0.5, 0.6) is 0 Å². The van der Waals surface area contributed by atoms with Crippen LogP contribution in [0.15, 0.2) is 0 Å². The molecule has 0 bridgehead atoms. The first-order chi connectivity index (χ1) is 8.36. The molecule has 0 unspecified atom stereocenters. The zero-order valence-electron chi connectivity index (χ0n) is 10.4. The van der Waals surface area contributed by atoms with Crippen LogP contribution in [0.2, 0.25) is 0 Å². The molecule has 0 aromatic rings. The van der Waals surface area contributed by atoms with Gasteiger partial charge in [0, 0.05) is 39.4 Å². The number of hydrogen-bond acceptors (Lipinski definition) is 3. The molecule has 1 saturated heterocycles. The molecule has 1 aliphatic heterocycles. The van der Waals surface area contributed by atoms with Crippen molar-refractivity contribution in [3.63, 3.8) is 0 Å². The van der Waals surface area contributed by atoms with E-state index in [0.717, 1.165) is 58.3 Å². The lowest BCUT2D eigenvalue weighted by Crippen LogP contribution is -2.35. The van der Waals surface area contributed by atoms with Gasteiger partial charge in [0.25, 0.3) is 0 Å². The van der Waals surface area contributed by atoms with Crippen molar-refractivity contribution in [2.24, 2.45) is 5.92 Å². The van der Waals surface area contributed by atoms with Gasteiger partial charge in [-0.2, -0.15) is 0 Å². The van der Waals surface area contributed by atoms with Crippen LogP contribution in [-0.2, 0) is 4.74 Å². The van der Waals surface area contributed by atoms with Gasteiger partial charge in [-0.3, -0.25) is 0 Å². The van der Waals surface area contributed by atoms with Crippen LogP contribution in [0.3, 0.4) is 0 Å². The fraction of sp³-hybridized carbons (Fsp3) is 0.917. The molecule has 0 aromatic carbocycles. The molecule has 5 heteroatoms. The van der Waals surface area contributed by atoms with Gasteiger partial charge in [-0.1, -0.05) is 0 Å². The van der Waals surface area contributed by atoms with E-state index < -0.39 is 0 Å². The van der Waals surface area contributed by atoms with Crippen molar-refractivity contribution in [1.82, 2.24) is 15.5 Å². The normalized spacial score (nSPS) is 19.8. The Hall–Kier alpha value is -0.810. The number of carbonyl (C=O) groups excluding carboxylic acids is 1. The van der Waals surface area contributed by atoms with Crippen molar-refractivity contribution in [3.05, 3.63) is 0 Å². The number of ether oxygens (including phenoxy) is 1. The molecule has 0 radical (unpaired) electrons. The topological polar surface area (TPSA) is 53.6 Å². The van der Waals surface area contributed by atoms with Gasteiger partial charge in [0.15, 0.2) is 0 Å². The molecule has 2 amide bonds. The standard InChI is InChI=1S/C12H23N3O2/c16-12-14-6-8-15(12)7-5-13-4-1-9-17-10-11-2-3-11/h11,13H,1-10H2,(H,14,16). The summed E-state index contributed by atoms with van der Waals surface area (Å²) in [5.74, 6) is 0.858. The lowest BCUT2D eigenvalue weighted by atomic mass is 10.4. The number of amides is 2. The van der Waals surface area contributed by atoms with Gasteiger partial charge in [0.2, 0.25) is 0 Å². The van der Waals surface area contributed by atoms with E-state index in [4.69, 9.17) is 4.74 Å². The summed E-state index contributed by atoms with van der Waals surface area (Å²) in [4.78, 5) is 13.1. The maximum Gasteiger partial charge on any atom is 0.317 e. The Kier molecular flexibility index (Phi) is 5.07. The van der Waals surface area contributed by atoms with Crippen LogP contribution in [0.25, 0.3) is 0 Å². The lowest BCUT2D eigenvalue weighted by molar-refractivity contribution is 0.122. The van der Waals surface area contributed by atoms with E-state index in [-0.39, 0.29) is 6.03 Å². The van der Waals surface area contributed by atoms with Gasteiger partial charge in [-0.05, 0) is 31.7 Å². The van der Waals surface area contributed by atoms with Crippen LogP contribution >= 0.6 is 0 Å². The van der Waals surface area contributed by atoms with Gasteiger partial charge in [-0.25, -0.2) is 4.79 Å². The molecule has 2 aliphatic rings. The Balaban J connectivity index is 1.34. The molecule has 0 spiro atoms. The second-order valence-electron chi connectivity index (χ2n) is 4.84. The smallest absolute Gasteiger partial charge is 0.317 e. The zero-order valence-corrected chi connectivity index (χ0v) is 10.4. The first-order valence-corrected chi connectivity index (χ1v) is 6.67. The Morgan fingerprint density at radius 1 is 1.41 bits per heavy atom. The molecule has 2 rings (SSSR count). The molecular formula is C12H23N3O2. The van der Waals surface area contributed by atoms with E-state index in [9.17, 15) is 4.79 Å². The van der Waals surface area contributed by atoms with E-state index in [1.807, 2.05) is 4.90 Å². The number of nitrogens with zero attached hydrogens (tertiary/aromatic N) is 1. The molecule has 0 atom stereocenters. The van der Waals surface area contributed by atoms with Crippen molar-refractivity contribution in [1.29, 1.82) is 0 Å². The summed E-state index contributed by atoms with van der Waals surface area (Å²) in [7, 11) is 0. The Labute approximate surface area is 103 Å². The number of nitrogens with one attached hydrogen (secondary N) is 2. The van der Waals surface area contributed by atoms with Crippen molar-refractivity contribution in [3.8, 4) is 0 Å². The van der Waals surface area contributed by atoms with Gasteiger partial charge in [0.05, 0.1) is 0 Å². The highest BCUT2D eigenvalue weighted by Crippen LogP contribution is 2.28. The highest BCUT2D eigenvalue weighted by Gasteiger charge is 2.20. The zero-order chi connectivity index (χ0) is 11.9. The highest BCUT2D eigenvalue weighted by molar-refractivity contribution is 5.76. The molecule has 1 saturated carbocycles. The van der Waals surface area contributed by atoms with Crippen LogP contribution in [0.1, 0.15) is 19.3 Å². The maximum atomic E-state index is 11.2. The summed E-state index contributed by atoms with van der Waals surface area (Å²) in [6, 6.07) is 0.0690. The van der Waals surface area contributed by atoms with E-state index in [1.165, 1.54) is 12.8 Å². The highest BCUT2D eigenvalue weighted by atomic mass is 16.5. The molecule has 1 aliphatic carbocycles. The van der Waals surface area contributed by atoms with Gasteiger partial charge < -0.3 is 20.3 Å². The molecule has 5 nitrogen and oxygen atoms in total. The van der Waals surface area contributed by atoms with E-state index >= 15 is 0 Å². The van der Waals surface area contributed by atoms with Crippen LogP contribution in [0.4, 0.5) is 4.79 Å².